The molecular formula is C23H25N3O3S. The number of benzene rings is 2. The number of aromatic nitrogens is 1. The fourth-order valence-electron chi connectivity index (χ4n) is 3.44. The number of rotatable bonds is 7. The van der Waals surface area contributed by atoms with E-state index < -0.39 is 0 Å². The maximum atomic E-state index is 12.8. The molecule has 6 nitrogen and oxygen atoms in total. The molecule has 0 saturated carbocycles. The Bertz CT molecular complexity index is 1010. The van der Waals surface area contributed by atoms with Crippen LogP contribution in [0.25, 0.3) is 0 Å². The van der Waals surface area contributed by atoms with Gasteiger partial charge in [0.25, 0.3) is 0 Å². The van der Waals surface area contributed by atoms with Crippen molar-refractivity contribution in [3.63, 3.8) is 0 Å². The van der Waals surface area contributed by atoms with E-state index in [1.165, 1.54) is 0 Å². The molecule has 30 heavy (non-hydrogen) atoms. The summed E-state index contributed by atoms with van der Waals surface area (Å²) in [6.07, 6.45) is 0. The minimum Gasteiger partial charge on any atom is -0.486 e. The number of nitrogens with zero attached hydrogens (tertiary/aromatic N) is 2. The van der Waals surface area contributed by atoms with E-state index in [1.807, 2.05) is 48.8 Å². The lowest BCUT2D eigenvalue weighted by Gasteiger charge is -2.20. The quantitative estimate of drug-likeness (QED) is 0.614. The van der Waals surface area contributed by atoms with Crippen molar-refractivity contribution >= 4 is 22.9 Å². The van der Waals surface area contributed by atoms with Gasteiger partial charge in [0.1, 0.15) is 13.2 Å². The van der Waals surface area contributed by atoms with Gasteiger partial charge in [-0.15, -0.1) is 11.3 Å². The number of amides is 1. The zero-order valence-corrected chi connectivity index (χ0v) is 17.9. The molecule has 0 saturated heterocycles. The third-order valence-electron chi connectivity index (χ3n) is 5.02. The van der Waals surface area contributed by atoms with E-state index in [1.54, 1.807) is 11.3 Å². The fourth-order valence-corrected chi connectivity index (χ4v) is 3.99. The number of hydrogen-bond acceptors (Lipinski definition) is 6. The summed E-state index contributed by atoms with van der Waals surface area (Å²) in [5.41, 5.74) is 5.75. The van der Waals surface area contributed by atoms with Crippen LogP contribution in [0, 0.1) is 0 Å². The Hall–Kier alpha value is -2.90. The molecule has 1 aliphatic heterocycles. The maximum Gasteiger partial charge on any atom is 0.231 e. The molecule has 0 bridgehead atoms. The number of ether oxygens (including phenoxy) is 2. The number of nitrogens with one attached hydrogen (secondary N) is 1. The second kappa shape index (κ2) is 9.28. The van der Waals surface area contributed by atoms with Gasteiger partial charge in [0.2, 0.25) is 5.91 Å². The van der Waals surface area contributed by atoms with Crippen LogP contribution in [-0.4, -0.2) is 36.1 Å². The van der Waals surface area contributed by atoms with Gasteiger partial charge in [-0.3, -0.25) is 9.69 Å². The number of thiazole rings is 1. The molecule has 1 amide bonds. The van der Waals surface area contributed by atoms with Gasteiger partial charge in [-0.05, 0) is 49.4 Å². The van der Waals surface area contributed by atoms with E-state index in [0.717, 1.165) is 41.3 Å². The van der Waals surface area contributed by atoms with Gasteiger partial charge in [0, 0.05) is 24.2 Å². The third kappa shape index (κ3) is 4.98. The molecule has 0 spiro atoms. The number of hydrogen-bond donors (Lipinski definition) is 1. The minimum absolute atomic E-state index is 0.0559. The normalized spacial score (nSPS) is 13.8. The van der Waals surface area contributed by atoms with Crippen LogP contribution in [0.5, 0.6) is 11.5 Å². The first-order valence-corrected chi connectivity index (χ1v) is 10.9. The Labute approximate surface area is 180 Å². The summed E-state index contributed by atoms with van der Waals surface area (Å²) < 4.78 is 11.2. The maximum absolute atomic E-state index is 12.8. The molecule has 1 N–H and O–H groups in total. The Kier molecular flexibility index (Phi) is 6.30. The van der Waals surface area contributed by atoms with E-state index >= 15 is 0 Å². The highest BCUT2D eigenvalue weighted by Crippen LogP contribution is 2.33. The van der Waals surface area contributed by atoms with Crippen LogP contribution < -0.4 is 14.8 Å². The summed E-state index contributed by atoms with van der Waals surface area (Å²) in [7, 11) is 2.06. The van der Waals surface area contributed by atoms with E-state index in [-0.39, 0.29) is 11.8 Å². The first-order valence-electron chi connectivity index (χ1n) is 9.93. The predicted octanol–water partition coefficient (Wildman–Crippen LogP) is 4.29. The van der Waals surface area contributed by atoms with E-state index in [9.17, 15) is 4.79 Å². The molecule has 4 rings (SSSR count). The summed E-state index contributed by atoms with van der Waals surface area (Å²) in [6, 6.07) is 13.6. The van der Waals surface area contributed by atoms with Gasteiger partial charge in [0.15, 0.2) is 11.5 Å². The van der Waals surface area contributed by atoms with Crippen LogP contribution in [0.15, 0.2) is 53.4 Å². The van der Waals surface area contributed by atoms with Crippen molar-refractivity contribution in [2.45, 2.75) is 25.9 Å². The largest absolute Gasteiger partial charge is 0.486 e. The van der Waals surface area contributed by atoms with Gasteiger partial charge < -0.3 is 14.8 Å². The summed E-state index contributed by atoms with van der Waals surface area (Å²) in [5, 5.41) is 5.10. The number of carbonyl (C=O) groups is 1. The Morgan fingerprint density at radius 2 is 2.00 bits per heavy atom. The highest BCUT2D eigenvalue weighted by atomic mass is 32.1. The zero-order valence-electron chi connectivity index (χ0n) is 17.1. The average molecular weight is 424 g/mol. The fraction of sp³-hybridized carbons (Fsp3) is 0.304. The standard InChI is InChI=1S/C23H25N3O3S/c1-16(18-6-7-21-22(11-18)29-9-8-28-21)23(27)25-19-5-3-4-17(10-19)12-26(2)13-20-14-30-15-24-20/h3-7,10-11,14-16H,8-9,12-13H2,1-2H3,(H,25,27). The highest BCUT2D eigenvalue weighted by Gasteiger charge is 2.19. The summed E-state index contributed by atoms with van der Waals surface area (Å²) >= 11 is 1.61. The van der Waals surface area contributed by atoms with Crippen molar-refractivity contribution in [2.75, 3.05) is 25.6 Å². The van der Waals surface area contributed by atoms with Gasteiger partial charge in [0.05, 0.1) is 17.1 Å². The first kappa shape index (κ1) is 20.4. The van der Waals surface area contributed by atoms with Gasteiger partial charge in [-0.1, -0.05) is 18.2 Å². The van der Waals surface area contributed by atoms with Crippen LogP contribution in [0.1, 0.15) is 29.7 Å². The Balaban J connectivity index is 1.38. The Morgan fingerprint density at radius 1 is 1.17 bits per heavy atom. The van der Waals surface area contributed by atoms with Crippen LogP contribution in [0.4, 0.5) is 5.69 Å². The molecule has 2 aromatic carbocycles. The monoisotopic (exact) mass is 423 g/mol. The van der Waals surface area contributed by atoms with Crippen LogP contribution in [0.2, 0.25) is 0 Å². The van der Waals surface area contributed by atoms with Gasteiger partial charge in [-0.25, -0.2) is 4.98 Å². The van der Waals surface area contributed by atoms with Crippen molar-refractivity contribution in [1.82, 2.24) is 9.88 Å². The lowest BCUT2D eigenvalue weighted by Crippen LogP contribution is -2.20. The van der Waals surface area contributed by atoms with E-state index in [0.29, 0.717) is 19.0 Å². The molecule has 1 aliphatic rings. The summed E-state index contributed by atoms with van der Waals surface area (Å²) in [4.78, 5) is 19.4. The molecule has 1 atom stereocenters. The third-order valence-corrected chi connectivity index (χ3v) is 5.66. The molecule has 2 heterocycles. The summed E-state index contributed by atoms with van der Waals surface area (Å²) in [6.45, 7) is 4.55. The molecular weight excluding hydrogens is 398 g/mol. The first-order chi connectivity index (χ1) is 14.6. The topological polar surface area (TPSA) is 63.7 Å². The Morgan fingerprint density at radius 3 is 2.80 bits per heavy atom. The molecule has 0 aliphatic carbocycles. The number of carbonyl (C=O) groups excluding carboxylic acids is 1. The molecule has 1 aromatic heterocycles. The second-order valence-corrected chi connectivity index (χ2v) is 8.19. The SMILES string of the molecule is CC(C(=O)Nc1cccc(CN(C)Cc2cscn2)c1)c1ccc2c(c1)OCCO2. The number of fused-ring (bicyclic) bond motifs is 1. The van der Waals surface area contributed by atoms with Crippen molar-refractivity contribution < 1.29 is 14.3 Å². The van der Waals surface area contributed by atoms with E-state index in [4.69, 9.17) is 9.47 Å². The molecule has 0 fully saturated rings. The lowest BCUT2D eigenvalue weighted by atomic mass is 9.99. The lowest BCUT2D eigenvalue weighted by molar-refractivity contribution is -0.117. The van der Waals surface area contributed by atoms with Crippen molar-refractivity contribution in [2.24, 2.45) is 0 Å². The van der Waals surface area contributed by atoms with Crippen LogP contribution in [-0.2, 0) is 17.9 Å². The predicted molar refractivity (Wildman–Crippen MR) is 118 cm³/mol. The van der Waals surface area contributed by atoms with Crippen LogP contribution in [0.3, 0.4) is 0 Å². The van der Waals surface area contributed by atoms with Crippen molar-refractivity contribution in [3.8, 4) is 11.5 Å². The smallest absolute Gasteiger partial charge is 0.231 e. The molecule has 3 aromatic rings. The van der Waals surface area contributed by atoms with Gasteiger partial charge >= 0.3 is 0 Å². The second-order valence-electron chi connectivity index (χ2n) is 7.47. The van der Waals surface area contributed by atoms with Gasteiger partial charge in [-0.2, -0.15) is 0 Å². The molecule has 7 heteroatoms. The zero-order chi connectivity index (χ0) is 20.9. The van der Waals surface area contributed by atoms with E-state index in [2.05, 4.69) is 33.7 Å². The number of anilines is 1. The minimum atomic E-state index is -0.308. The molecule has 156 valence electrons. The summed E-state index contributed by atoms with van der Waals surface area (Å²) in [5.74, 6) is 1.06. The van der Waals surface area contributed by atoms with Crippen molar-refractivity contribution in [1.29, 1.82) is 0 Å². The van der Waals surface area contributed by atoms with Crippen LogP contribution >= 0.6 is 11.3 Å². The average Bonchev–Trinajstić information content (AvgIpc) is 3.26. The van der Waals surface area contributed by atoms with Crippen molar-refractivity contribution in [3.05, 3.63) is 70.2 Å². The molecule has 0 radical (unpaired) electrons. The molecule has 1 unspecified atom stereocenters. The highest BCUT2D eigenvalue weighted by molar-refractivity contribution is 7.07.